The highest BCUT2D eigenvalue weighted by Crippen LogP contribution is 2.66. The van der Waals surface area contributed by atoms with E-state index in [0.29, 0.717) is 12.5 Å². The molecule has 6 heteroatoms. The summed E-state index contributed by atoms with van der Waals surface area (Å²) in [6.45, 7) is 6.81. The van der Waals surface area contributed by atoms with Crippen molar-refractivity contribution < 1.29 is 13.9 Å². The van der Waals surface area contributed by atoms with Crippen LogP contribution in [0, 0.1) is 34.5 Å². The number of hydrogen-bond donors (Lipinski definition) is 0. The number of piperidine rings is 1. The van der Waals surface area contributed by atoms with E-state index in [1.54, 1.807) is 5.57 Å². The smallest absolute Gasteiger partial charge is 0.309 e. The molecule has 0 radical (unpaired) electrons. The number of allylic oxidation sites excluding steroid dienone is 3. The van der Waals surface area contributed by atoms with E-state index in [-0.39, 0.29) is 47.9 Å². The molecule has 0 N–H and O–H groups in total. The molecule has 208 valence electrons. The topological polar surface area (TPSA) is 42.4 Å². The fourth-order valence-corrected chi connectivity index (χ4v) is 9.04. The Bertz CT molecular complexity index is 1070. The second-order valence-corrected chi connectivity index (χ2v) is 12.9. The predicted molar refractivity (Wildman–Crippen MR) is 152 cm³/mol. The Morgan fingerprint density at radius 2 is 1.87 bits per heavy atom. The third-order valence-electron chi connectivity index (χ3n) is 11.2. The lowest BCUT2D eigenvalue weighted by Crippen LogP contribution is -2.50. The third kappa shape index (κ3) is 4.76. The van der Waals surface area contributed by atoms with E-state index < -0.39 is 0 Å². The van der Waals surface area contributed by atoms with Crippen LogP contribution in [0.3, 0.4) is 0 Å². The largest absolute Gasteiger partial charge is 0.462 e. The SMILES string of the molecule is C[C@]12CC[C@H](OC(=O)C3CCN(CCF)CC3)CC1=CC[C@@H]1[C@@H]2CC[C@]2(C)C(c3cccnc3)=CC[C@@H]12.Cl. The molecule has 38 heavy (non-hydrogen) atoms. The monoisotopic (exact) mass is 542 g/mol. The first kappa shape index (κ1) is 27.8. The summed E-state index contributed by atoms with van der Waals surface area (Å²) in [5, 5.41) is 0. The quantitative estimate of drug-likeness (QED) is 0.295. The Labute approximate surface area is 233 Å². The number of hydrogen-bond acceptors (Lipinski definition) is 4. The molecule has 2 heterocycles. The minimum Gasteiger partial charge on any atom is -0.462 e. The van der Waals surface area contributed by atoms with E-state index >= 15 is 0 Å². The number of pyridine rings is 1. The van der Waals surface area contributed by atoms with Gasteiger partial charge in [-0.1, -0.05) is 37.6 Å². The van der Waals surface area contributed by atoms with Crippen molar-refractivity contribution in [1.29, 1.82) is 0 Å². The zero-order valence-corrected chi connectivity index (χ0v) is 23.9. The van der Waals surface area contributed by atoms with E-state index in [1.807, 2.05) is 12.4 Å². The summed E-state index contributed by atoms with van der Waals surface area (Å²) in [5.41, 5.74) is 4.87. The van der Waals surface area contributed by atoms with Gasteiger partial charge in [0.05, 0.1) is 5.92 Å². The van der Waals surface area contributed by atoms with Crippen molar-refractivity contribution in [3.8, 4) is 0 Å². The number of rotatable bonds is 5. The molecule has 0 aromatic carbocycles. The molecule has 0 amide bonds. The van der Waals surface area contributed by atoms with E-state index in [2.05, 4.69) is 48.0 Å². The van der Waals surface area contributed by atoms with Crippen molar-refractivity contribution in [2.45, 2.75) is 77.7 Å². The van der Waals surface area contributed by atoms with Crippen molar-refractivity contribution in [1.82, 2.24) is 9.88 Å². The molecule has 1 saturated heterocycles. The van der Waals surface area contributed by atoms with E-state index in [4.69, 9.17) is 4.74 Å². The Morgan fingerprint density at radius 3 is 2.61 bits per heavy atom. The molecule has 1 aromatic heterocycles. The summed E-state index contributed by atoms with van der Waals surface area (Å²) in [6, 6.07) is 4.30. The number of nitrogens with zero attached hydrogens (tertiary/aromatic N) is 2. The summed E-state index contributed by atoms with van der Waals surface area (Å²) in [7, 11) is 0. The lowest BCUT2D eigenvalue weighted by molar-refractivity contribution is -0.158. The van der Waals surface area contributed by atoms with E-state index in [1.165, 1.54) is 30.4 Å². The maximum absolute atomic E-state index is 13.0. The van der Waals surface area contributed by atoms with Crippen LogP contribution < -0.4 is 0 Å². The summed E-state index contributed by atoms with van der Waals surface area (Å²) in [6.07, 6.45) is 18.5. The van der Waals surface area contributed by atoms with Crippen LogP contribution in [0.2, 0.25) is 0 Å². The summed E-state index contributed by atoms with van der Waals surface area (Å²) in [4.78, 5) is 19.5. The Balaban J connectivity index is 0.00000294. The van der Waals surface area contributed by atoms with Crippen molar-refractivity contribution in [3.63, 3.8) is 0 Å². The lowest BCUT2D eigenvalue weighted by atomic mass is 9.47. The molecule has 5 aliphatic rings. The molecule has 1 aliphatic heterocycles. The molecule has 4 aliphatic carbocycles. The van der Waals surface area contributed by atoms with Crippen LogP contribution in [0.1, 0.15) is 77.2 Å². The Morgan fingerprint density at radius 1 is 1.08 bits per heavy atom. The maximum atomic E-state index is 13.0. The van der Waals surface area contributed by atoms with Gasteiger partial charge >= 0.3 is 5.97 Å². The maximum Gasteiger partial charge on any atom is 0.309 e. The van der Waals surface area contributed by atoms with Crippen LogP contribution >= 0.6 is 12.4 Å². The lowest BCUT2D eigenvalue weighted by Gasteiger charge is -2.58. The normalized spacial score (nSPS) is 37.1. The van der Waals surface area contributed by atoms with Gasteiger partial charge in [-0.25, -0.2) is 4.39 Å². The molecule has 3 fully saturated rings. The predicted octanol–water partition coefficient (Wildman–Crippen LogP) is 7.05. The average molecular weight is 543 g/mol. The van der Waals surface area contributed by atoms with Crippen molar-refractivity contribution in [2.75, 3.05) is 26.3 Å². The van der Waals surface area contributed by atoms with Gasteiger partial charge in [-0.15, -0.1) is 12.4 Å². The van der Waals surface area contributed by atoms with Gasteiger partial charge in [0, 0.05) is 25.4 Å². The van der Waals surface area contributed by atoms with E-state index in [9.17, 15) is 9.18 Å². The van der Waals surface area contributed by atoms with Crippen molar-refractivity contribution >= 4 is 23.9 Å². The van der Waals surface area contributed by atoms with Crippen LogP contribution in [0.25, 0.3) is 5.57 Å². The number of carbonyl (C=O) groups excluding carboxylic acids is 1. The molecular formula is C32H44ClFN2O2. The number of likely N-dealkylation sites (tertiary alicyclic amines) is 1. The summed E-state index contributed by atoms with van der Waals surface area (Å²) >= 11 is 0. The second-order valence-electron chi connectivity index (χ2n) is 12.9. The average Bonchev–Trinajstić information content (AvgIpc) is 3.27. The van der Waals surface area contributed by atoms with Gasteiger partial charge in [0.15, 0.2) is 0 Å². The summed E-state index contributed by atoms with van der Waals surface area (Å²) in [5.74, 6) is 2.12. The number of ether oxygens (including phenoxy) is 1. The standard InChI is InChI=1S/C32H43FN2O2.ClH/c1-31-13-9-25(37-30(36)22-11-17-35(18-12-22)19-15-33)20-24(31)5-6-26-28-8-7-27(23-4-3-16-34-21-23)32(28,2)14-10-29(26)31;/h3-5,7,16,21-22,25-26,28-29H,6,8-15,17-20H2,1-2H3;1H/t25-,26-,28-,29-,31-,32+;/m0./s1. The number of carbonyl (C=O) groups is 1. The van der Waals surface area contributed by atoms with Crippen molar-refractivity contribution in [2.24, 2.45) is 34.5 Å². The van der Waals surface area contributed by atoms with Gasteiger partial charge in [-0.05, 0) is 110 Å². The summed E-state index contributed by atoms with van der Waals surface area (Å²) < 4.78 is 18.8. The minimum absolute atomic E-state index is 0. The molecule has 1 aromatic rings. The van der Waals surface area contributed by atoms with Crippen LogP contribution in [0.4, 0.5) is 4.39 Å². The van der Waals surface area contributed by atoms with Gasteiger partial charge in [0.2, 0.25) is 0 Å². The van der Waals surface area contributed by atoms with Gasteiger partial charge in [0.1, 0.15) is 12.8 Å². The third-order valence-corrected chi connectivity index (χ3v) is 11.2. The highest BCUT2D eigenvalue weighted by atomic mass is 35.5. The molecule has 4 nitrogen and oxygen atoms in total. The number of esters is 1. The molecule has 6 atom stereocenters. The minimum atomic E-state index is -0.310. The number of fused-ring (bicyclic) bond motifs is 5. The van der Waals surface area contributed by atoms with Crippen molar-refractivity contribution in [3.05, 3.63) is 47.8 Å². The first-order valence-electron chi connectivity index (χ1n) is 14.7. The van der Waals surface area contributed by atoms with Gasteiger partial charge in [0.25, 0.3) is 0 Å². The van der Waals surface area contributed by atoms with Crippen LogP contribution in [0.5, 0.6) is 0 Å². The molecule has 0 bridgehead atoms. The highest BCUT2D eigenvalue weighted by molar-refractivity contribution is 5.85. The number of halogens is 2. The second kappa shape index (κ2) is 11.0. The first-order valence-corrected chi connectivity index (χ1v) is 14.7. The fraction of sp³-hybridized carbons (Fsp3) is 0.688. The van der Waals surface area contributed by atoms with Gasteiger partial charge in [-0.3, -0.25) is 9.78 Å². The van der Waals surface area contributed by atoms with Crippen LogP contribution in [0.15, 0.2) is 42.3 Å². The highest BCUT2D eigenvalue weighted by Gasteiger charge is 2.57. The number of aromatic nitrogens is 1. The molecular weight excluding hydrogens is 499 g/mol. The van der Waals surface area contributed by atoms with E-state index in [0.717, 1.165) is 63.5 Å². The molecule has 0 unspecified atom stereocenters. The first-order chi connectivity index (χ1) is 17.9. The van der Waals surface area contributed by atoms with Gasteiger partial charge in [-0.2, -0.15) is 0 Å². The van der Waals surface area contributed by atoms with Gasteiger partial charge < -0.3 is 9.64 Å². The van der Waals surface area contributed by atoms with Crippen LogP contribution in [-0.4, -0.2) is 48.3 Å². The Hall–Kier alpha value is -1.72. The zero-order valence-electron chi connectivity index (χ0n) is 23.0. The Kier molecular flexibility index (Phi) is 8.09. The fourth-order valence-electron chi connectivity index (χ4n) is 9.04. The van der Waals surface area contributed by atoms with Crippen LogP contribution in [-0.2, 0) is 9.53 Å². The molecule has 6 rings (SSSR count). The zero-order chi connectivity index (χ0) is 25.6. The molecule has 2 saturated carbocycles. The number of alkyl halides is 1. The molecule has 0 spiro atoms.